The predicted octanol–water partition coefficient (Wildman–Crippen LogP) is 3.53. The standard InChI is InChI=1S/C19H21N3O3S2/c1-12-7-8-16(14(3)11-12)27(24,25)20-10-9-17(23)21-19-22-18-13(2)5-4-6-15(18)26-19/h4-8,11,20H,9-10H2,1-3H3,(H,21,22,23). The molecule has 27 heavy (non-hydrogen) atoms. The molecule has 0 aliphatic heterocycles. The molecule has 1 heterocycles. The molecule has 8 heteroatoms. The maximum Gasteiger partial charge on any atom is 0.240 e. The summed E-state index contributed by atoms with van der Waals surface area (Å²) in [6.45, 7) is 5.65. The Morgan fingerprint density at radius 3 is 2.59 bits per heavy atom. The van der Waals surface area contributed by atoms with Gasteiger partial charge in [0.25, 0.3) is 0 Å². The van der Waals surface area contributed by atoms with Crippen molar-refractivity contribution in [1.82, 2.24) is 9.71 Å². The van der Waals surface area contributed by atoms with Crippen molar-refractivity contribution in [3.05, 3.63) is 53.1 Å². The van der Waals surface area contributed by atoms with Gasteiger partial charge in [0.1, 0.15) is 0 Å². The molecule has 2 aromatic carbocycles. The Labute approximate surface area is 162 Å². The number of benzene rings is 2. The molecule has 0 spiro atoms. The van der Waals surface area contributed by atoms with E-state index < -0.39 is 10.0 Å². The van der Waals surface area contributed by atoms with Gasteiger partial charge >= 0.3 is 0 Å². The first-order valence-corrected chi connectivity index (χ1v) is 10.8. The molecule has 0 aliphatic carbocycles. The van der Waals surface area contributed by atoms with Crippen LogP contribution in [0.15, 0.2) is 41.3 Å². The molecule has 0 saturated carbocycles. The second kappa shape index (κ2) is 7.75. The number of carbonyl (C=O) groups excluding carboxylic acids is 1. The first-order valence-electron chi connectivity index (χ1n) is 8.49. The SMILES string of the molecule is Cc1ccc(S(=O)(=O)NCCC(=O)Nc2nc3c(C)cccc3s2)c(C)c1. The molecule has 1 amide bonds. The fourth-order valence-corrected chi connectivity index (χ4v) is 5.02. The van der Waals surface area contributed by atoms with Gasteiger partial charge in [-0.1, -0.05) is 41.2 Å². The van der Waals surface area contributed by atoms with Crippen LogP contribution in [0.2, 0.25) is 0 Å². The van der Waals surface area contributed by atoms with E-state index in [9.17, 15) is 13.2 Å². The molecule has 3 rings (SSSR count). The van der Waals surface area contributed by atoms with Crippen LogP contribution in [0.25, 0.3) is 10.2 Å². The predicted molar refractivity (Wildman–Crippen MR) is 109 cm³/mol. The van der Waals surface area contributed by atoms with Gasteiger partial charge in [-0.15, -0.1) is 0 Å². The lowest BCUT2D eigenvalue weighted by Crippen LogP contribution is -2.28. The lowest BCUT2D eigenvalue weighted by atomic mass is 10.2. The lowest BCUT2D eigenvalue weighted by Gasteiger charge is -2.09. The maximum absolute atomic E-state index is 12.4. The molecule has 1 aromatic heterocycles. The van der Waals surface area contributed by atoms with E-state index in [-0.39, 0.29) is 23.8 Å². The number of fused-ring (bicyclic) bond motifs is 1. The minimum absolute atomic E-state index is 0.0193. The van der Waals surface area contributed by atoms with Crippen molar-refractivity contribution in [3.8, 4) is 0 Å². The zero-order valence-corrected chi connectivity index (χ0v) is 17.0. The van der Waals surface area contributed by atoms with Crippen LogP contribution in [0, 0.1) is 20.8 Å². The summed E-state index contributed by atoms with van der Waals surface area (Å²) >= 11 is 1.40. The lowest BCUT2D eigenvalue weighted by molar-refractivity contribution is -0.116. The van der Waals surface area contributed by atoms with E-state index in [1.807, 2.05) is 38.1 Å². The van der Waals surface area contributed by atoms with Crippen LogP contribution >= 0.6 is 11.3 Å². The van der Waals surface area contributed by atoms with Gasteiger partial charge in [-0.3, -0.25) is 4.79 Å². The molecule has 0 bridgehead atoms. The topological polar surface area (TPSA) is 88.2 Å². The third kappa shape index (κ3) is 4.52. The summed E-state index contributed by atoms with van der Waals surface area (Å²) in [5.74, 6) is -0.282. The molecule has 6 nitrogen and oxygen atoms in total. The van der Waals surface area contributed by atoms with E-state index in [0.717, 1.165) is 21.3 Å². The molecule has 0 fully saturated rings. The Kier molecular flexibility index (Phi) is 5.59. The average Bonchev–Trinajstić information content (AvgIpc) is 2.98. The van der Waals surface area contributed by atoms with E-state index in [2.05, 4.69) is 15.0 Å². The van der Waals surface area contributed by atoms with Crippen molar-refractivity contribution < 1.29 is 13.2 Å². The quantitative estimate of drug-likeness (QED) is 0.659. The van der Waals surface area contributed by atoms with Crippen molar-refractivity contribution in [3.63, 3.8) is 0 Å². The van der Waals surface area contributed by atoms with Crippen molar-refractivity contribution in [1.29, 1.82) is 0 Å². The molecule has 2 N–H and O–H groups in total. The maximum atomic E-state index is 12.4. The Morgan fingerprint density at radius 2 is 1.89 bits per heavy atom. The number of carbonyl (C=O) groups is 1. The fraction of sp³-hybridized carbons (Fsp3) is 0.263. The Bertz CT molecular complexity index is 1100. The van der Waals surface area contributed by atoms with Crippen LogP contribution in [0.3, 0.4) is 0 Å². The number of hydrogen-bond donors (Lipinski definition) is 2. The first kappa shape index (κ1) is 19.5. The molecular weight excluding hydrogens is 382 g/mol. The molecule has 0 unspecified atom stereocenters. The summed E-state index contributed by atoms with van der Waals surface area (Å²) in [6, 6.07) is 11.0. The number of rotatable bonds is 6. The third-order valence-electron chi connectivity index (χ3n) is 4.13. The van der Waals surface area contributed by atoms with Gasteiger partial charge in [-0.05, 0) is 44.0 Å². The van der Waals surface area contributed by atoms with Crippen LogP contribution in [-0.2, 0) is 14.8 Å². The highest BCUT2D eigenvalue weighted by Crippen LogP contribution is 2.27. The zero-order valence-electron chi connectivity index (χ0n) is 15.4. The molecule has 0 saturated heterocycles. The molecule has 142 valence electrons. The number of aryl methyl sites for hydroxylation is 3. The van der Waals surface area contributed by atoms with Crippen LogP contribution in [-0.4, -0.2) is 25.9 Å². The number of thiazole rings is 1. The zero-order chi connectivity index (χ0) is 19.6. The highest BCUT2D eigenvalue weighted by Gasteiger charge is 2.17. The minimum Gasteiger partial charge on any atom is -0.302 e. The normalized spacial score (nSPS) is 11.7. The Balaban J connectivity index is 1.59. The van der Waals surface area contributed by atoms with Crippen molar-refractivity contribution in [2.45, 2.75) is 32.1 Å². The van der Waals surface area contributed by atoms with Gasteiger partial charge in [0, 0.05) is 13.0 Å². The van der Waals surface area contributed by atoms with Gasteiger partial charge in [0.05, 0.1) is 15.1 Å². The summed E-state index contributed by atoms with van der Waals surface area (Å²) in [4.78, 5) is 16.8. The summed E-state index contributed by atoms with van der Waals surface area (Å²) < 4.78 is 28.3. The van der Waals surface area contributed by atoms with Gasteiger partial charge in [-0.25, -0.2) is 18.1 Å². The number of nitrogens with one attached hydrogen (secondary N) is 2. The first-order chi connectivity index (χ1) is 12.8. The minimum atomic E-state index is -3.65. The number of para-hydroxylation sites is 1. The number of anilines is 1. The molecule has 0 radical (unpaired) electrons. The average molecular weight is 404 g/mol. The number of amides is 1. The van der Waals surface area contributed by atoms with Crippen LogP contribution in [0.1, 0.15) is 23.1 Å². The van der Waals surface area contributed by atoms with Crippen LogP contribution in [0.4, 0.5) is 5.13 Å². The van der Waals surface area contributed by atoms with E-state index >= 15 is 0 Å². The monoisotopic (exact) mass is 403 g/mol. The third-order valence-corrected chi connectivity index (χ3v) is 6.69. The second-order valence-electron chi connectivity index (χ2n) is 6.41. The molecular formula is C19H21N3O3S2. The van der Waals surface area contributed by atoms with Gasteiger partial charge in [-0.2, -0.15) is 0 Å². The van der Waals surface area contributed by atoms with Crippen LogP contribution < -0.4 is 10.0 Å². The van der Waals surface area contributed by atoms with Crippen molar-refractivity contribution in [2.24, 2.45) is 0 Å². The van der Waals surface area contributed by atoms with E-state index in [1.165, 1.54) is 11.3 Å². The molecule has 0 atom stereocenters. The number of nitrogens with zero attached hydrogens (tertiary/aromatic N) is 1. The summed E-state index contributed by atoms with van der Waals surface area (Å²) in [7, 11) is -3.65. The van der Waals surface area contributed by atoms with Crippen molar-refractivity contribution >= 4 is 42.6 Å². The number of aromatic nitrogens is 1. The summed E-state index contributed by atoms with van der Waals surface area (Å²) in [5.41, 5.74) is 3.59. The second-order valence-corrected chi connectivity index (χ2v) is 9.17. The van der Waals surface area contributed by atoms with Gasteiger partial charge in [0.2, 0.25) is 15.9 Å². The van der Waals surface area contributed by atoms with E-state index in [1.54, 1.807) is 19.1 Å². The highest BCUT2D eigenvalue weighted by molar-refractivity contribution is 7.89. The van der Waals surface area contributed by atoms with Crippen LogP contribution in [0.5, 0.6) is 0 Å². The molecule has 0 aliphatic rings. The van der Waals surface area contributed by atoms with E-state index in [0.29, 0.717) is 10.7 Å². The Hall–Kier alpha value is -2.29. The molecule has 3 aromatic rings. The smallest absolute Gasteiger partial charge is 0.240 e. The number of sulfonamides is 1. The largest absolute Gasteiger partial charge is 0.302 e. The van der Waals surface area contributed by atoms with Gasteiger partial charge in [0.15, 0.2) is 5.13 Å². The fourth-order valence-electron chi connectivity index (χ4n) is 2.80. The Morgan fingerprint density at radius 1 is 1.11 bits per heavy atom. The summed E-state index contributed by atoms with van der Waals surface area (Å²) in [6.07, 6.45) is 0.0268. The number of hydrogen-bond acceptors (Lipinski definition) is 5. The van der Waals surface area contributed by atoms with Crippen molar-refractivity contribution in [2.75, 3.05) is 11.9 Å². The van der Waals surface area contributed by atoms with E-state index in [4.69, 9.17) is 0 Å². The van der Waals surface area contributed by atoms with Gasteiger partial charge < -0.3 is 5.32 Å². The summed E-state index contributed by atoms with van der Waals surface area (Å²) in [5, 5.41) is 3.25. The highest BCUT2D eigenvalue weighted by atomic mass is 32.2.